The first-order chi connectivity index (χ1) is 13.5. The third kappa shape index (κ3) is 3.51. The predicted octanol–water partition coefficient (Wildman–Crippen LogP) is 3.51. The first kappa shape index (κ1) is 19.3. The number of carbonyl (C=O) groups is 2. The zero-order chi connectivity index (χ0) is 20.3. The summed E-state index contributed by atoms with van der Waals surface area (Å²) in [6.45, 7) is 3.64. The van der Waals surface area contributed by atoms with Crippen LogP contribution in [0.4, 0.5) is 10.5 Å². The van der Waals surface area contributed by atoms with Crippen LogP contribution in [0.15, 0.2) is 59.8 Å². The number of esters is 1. The summed E-state index contributed by atoms with van der Waals surface area (Å²) >= 11 is 0. The van der Waals surface area contributed by atoms with Crippen molar-refractivity contribution < 1.29 is 24.2 Å². The molecule has 2 aromatic carbocycles. The van der Waals surface area contributed by atoms with Gasteiger partial charge in [0.25, 0.3) is 0 Å². The molecule has 0 radical (unpaired) electrons. The van der Waals surface area contributed by atoms with Crippen molar-refractivity contribution in [2.45, 2.75) is 19.9 Å². The largest absolute Gasteiger partial charge is 0.504 e. The van der Waals surface area contributed by atoms with Crippen molar-refractivity contribution in [3.63, 3.8) is 0 Å². The number of rotatable bonds is 5. The standard InChI is InChI=1S/C21H22N2O5/c1-4-28-20(25)18-13(2)23(15-8-6-5-7-9-15)21(26)22-19(18)14-10-11-16(24)17(12-14)27-3/h5-12,19,24H,4H2,1-3H3,(H,22,26)/t19-/m0/s1. The van der Waals surface area contributed by atoms with Gasteiger partial charge in [-0.1, -0.05) is 24.3 Å². The van der Waals surface area contributed by atoms with Gasteiger partial charge in [-0.25, -0.2) is 9.59 Å². The van der Waals surface area contributed by atoms with Crippen molar-refractivity contribution in [1.29, 1.82) is 0 Å². The highest BCUT2D eigenvalue weighted by Gasteiger charge is 2.37. The highest BCUT2D eigenvalue weighted by atomic mass is 16.5. The van der Waals surface area contributed by atoms with E-state index >= 15 is 0 Å². The number of hydrogen-bond donors (Lipinski definition) is 2. The van der Waals surface area contributed by atoms with E-state index in [4.69, 9.17) is 9.47 Å². The van der Waals surface area contributed by atoms with Gasteiger partial charge >= 0.3 is 12.0 Å². The molecule has 1 aliphatic heterocycles. The first-order valence-electron chi connectivity index (χ1n) is 8.88. The molecule has 146 valence electrons. The zero-order valence-corrected chi connectivity index (χ0v) is 15.9. The van der Waals surface area contributed by atoms with Crippen molar-refractivity contribution in [2.75, 3.05) is 18.6 Å². The van der Waals surface area contributed by atoms with Crippen molar-refractivity contribution in [3.8, 4) is 11.5 Å². The molecule has 2 N–H and O–H groups in total. The Balaban J connectivity index is 2.14. The van der Waals surface area contributed by atoms with Crippen LogP contribution in [0.25, 0.3) is 0 Å². The molecule has 2 aromatic rings. The van der Waals surface area contributed by atoms with E-state index in [1.54, 1.807) is 38.1 Å². The monoisotopic (exact) mass is 382 g/mol. The molecular formula is C21H22N2O5. The molecule has 0 saturated heterocycles. The normalized spacial score (nSPS) is 16.6. The molecule has 3 rings (SSSR count). The number of phenolic OH excluding ortho intramolecular Hbond substituents is 1. The van der Waals surface area contributed by atoms with Crippen LogP contribution < -0.4 is 15.0 Å². The average Bonchev–Trinajstić information content (AvgIpc) is 2.69. The Labute approximate surface area is 163 Å². The Bertz CT molecular complexity index is 924. The fraction of sp³-hybridized carbons (Fsp3) is 0.238. The number of benzene rings is 2. The molecule has 7 heteroatoms. The summed E-state index contributed by atoms with van der Waals surface area (Å²) in [6.07, 6.45) is 0. The molecule has 0 aliphatic carbocycles. The Kier molecular flexibility index (Phi) is 5.54. The quantitative estimate of drug-likeness (QED) is 0.773. The molecule has 1 atom stereocenters. The number of urea groups is 1. The van der Waals surface area contributed by atoms with E-state index in [-0.39, 0.29) is 24.1 Å². The van der Waals surface area contributed by atoms with E-state index in [1.165, 1.54) is 18.1 Å². The second kappa shape index (κ2) is 8.04. The second-order valence-corrected chi connectivity index (χ2v) is 6.20. The highest BCUT2D eigenvalue weighted by Crippen LogP contribution is 2.37. The number of ether oxygens (including phenoxy) is 2. The highest BCUT2D eigenvalue weighted by molar-refractivity contribution is 6.03. The SMILES string of the molecule is CCOC(=O)C1=C(C)N(c2ccccc2)C(=O)N[C@H]1c1ccc(O)c(OC)c1. The van der Waals surface area contributed by atoms with Gasteiger partial charge in [0.1, 0.15) is 0 Å². The minimum Gasteiger partial charge on any atom is -0.504 e. The summed E-state index contributed by atoms with van der Waals surface area (Å²) in [7, 11) is 1.43. The van der Waals surface area contributed by atoms with Gasteiger partial charge in [-0.05, 0) is 43.7 Å². The Morgan fingerprint density at radius 3 is 2.57 bits per heavy atom. The van der Waals surface area contributed by atoms with Gasteiger partial charge in [0.15, 0.2) is 11.5 Å². The maximum absolute atomic E-state index is 12.9. The van der Waals surface area contributed by atoms with Crippen LogP contribution in [0.2, 0.25) is 0 Å². The van der Waals surface area contributed by atoms with Crippen LogP contribution in [0, 0.1) is 0 Å². The Morgan fingerprint density at radius 2 is 1.93 bits per heavy atom. The molecule has 1 heterocycles. The smallest absolute Gasteiger partial charge is 0.338 e. The summed E-state index contributed by atoms with van der Waals surface area (Å²) < 4.78 is 10.4. The molecule has 0 spiro atoms. The van der Waals surface area contributed by atoms with E-state index < -0.39 is 12.0 Å². The number of nitrogens with one attached hydrogen (secondary N) is 1. The molecule has 0 saturated carbocycles. The zero-order valence-electron chi connectivity index (χ0n) is 15.9. The van der Waals surface area contributed by atoms with E-state index in [9.17, 15) is 14.7 Å². The Morgan fingerprint density at radius 1 is 1.21 bits per heavy atom. The lowest BCUT2D eigenvalue weighted by molar-refractivity contribution is -0.139. The number of hydrogen-bond acceptors (Lipinski definition) is 5. The lowest BCUT2D eigenvalue weighted by atomic mass is 9.94. The van der Waals surface area contributed by atoms with Crippen molar-refractivity contribution >= 4 is 17.7 Å². The summed E-state index contributed by atoms with van der Waals surface area (Å²) in [5.74, 6) is -0.297. The third-order valence-corrected chi connectivity index (χ3v) is 4.53. The van der Waals surface area contributed by atoms with Gasteiger partial charge in [0.05, 0.1) is 31.0 Å². The van der Waals surface area contributed by atoms with Crippen LogP contribution >= 0.6 is 0 Å². The van der Waals surface area contributed by atoms with Gasteiger partial charge in [-0.15, -0.1) is 0 Å². The number of nitrogens with zero attached hydrogens (tertiary/aromatic N) is 1. The van der Waals surface area contributed by atoms with Gasteiger partial charge < -0.3 is 19.9 Å². The minimum atomic E-state index is -0.735. The fourth-order valence-corrected chi connectivity index (χ4v) is 3.23. The number of para-hydroxylation sites is 1. The van der Waals surface area contributed by atoms with E-state index in [1.807, 2.05) is 18.2 Å². The van der Waals surface area contributed by atoms with Crippen molar-refractivity contribution in [1.82, 2.24) is 5.32 Å². The lowest BCUT2D eigenvalue weighted by Gasteiger charge is -2.35. The summed E-state index contributed by atoms with van der Waals surface area (Å²) in [5, 5.41) is 12.7. The van der Waals surface area contributed by atoms with Gasteiger partial charge in [0, 0.05) is 5.70 Å². The molecule has 1 aliphatic rings. The topological polar surface area (TPSA) is 88.1 Å². The molecule has 2 amide bonds. The summed E-state index contributed by atoms with van der Waals surface area (Å²) in [5.41, 5.74) is 2.03. The number of phenols is 1. The molecule has 28 heavy (non-hydrogen) atoms. The minimum absolute atomic E-state index is 0.0299. The molecule has 0 fully saturated rings. The van der Waals surface area contributed by atoms with Gasteiger partial charge in [-0.2, -0.15) is 0 Å². The van der Waals surface area contributed by atoms with Crippen molar-refractivity contribution in [2.24, 2.45) is 0 Å². The molecule has 7 nitrogen and oxygen atoms in total. The predicted molar refractivity (Wildman–Crippen MR) is 104 cm³/mol. The number of allylic oxidation sites excluding steroid dienone is 1. The third-order valence-electron chi connectivity index (χ3n) is 4.53. The van der Waals surface area contributed by atoms with Crippen LogP contribution in [0.5, 0.6) is 11.5 Å². The van der Waals surface area contributed by atoms with Gasteiger partial charge in [-0.3, -0.25) is 4.90 Å². The maximum atomic E-state index is 12.9. The fourth-order valence-electron chi connectivity index (χ4n) is 3.23. The van der Waals surface area contributed by atoms with Gasteiger partial charge in [0.2, 0.25) is 0 Å². The number of methoxy groups -OCH3 is 1. The maximum Gasteiger partial charge on any atom is 0.338 e. The number of anilines is 1. The number of aromatic hydroxyl groups is 1. The summed E-state index contributed by atoms with van der Waals surface area (Å²) in [4.78, 5) is 27.1. The average molecular weight is 382 g/mol. The first-order valence-corrected chi connectivity index (χ1v) is 8.88. The summed E-state index contributed by atoms with van der Waals surface area (Å²) in [6, 6.07) is 12.6. The molecule has 0 unspecified atom stereocenters. The van der Waals surface area contributed by atoms with E-state index in [2.05, 4.69) is 5.32 Å². The van der Waals surface area contributed by atoms with Crippen molar-refractivity contribution in [3.05, 3.63) is 65.4 Å². The van der Waals surface area contributed by atoms with Crippen LogP contribution in [0.3, 0.4) is 0 Å². The molecule has 0 aromatic heterocycles. The molecular weight excluding hydrogens is 360 g/mol. The van der Waals surface area contributed by atoms with Crippen LogP contribution in [-0.4, -0.2) is 30.8 Å². The van der Waals surface area contributed by atoms with E-state index in [0.29, 0.717) is 22.5 Å². The number of amides is 2. The van der Waals surface area contributed by atoms with Crippen LogP contribution in [0.1, 0.15) is 25.5 Å². The van der Waals surface area contributed by atoms with E-state index in [0.717, 1.165) is 0 Å². The Hall–Kier alpha value is -3.48. The second-order valence-electron chi connectivity index (χ2n) is 6.20. The van der Waals surface area contributed by atoms with Crippen LogP contribution in [-0.2, 0) is 9.53 Å². The lowest BCUT2D eigenvalue weighted by Crippen LogP contribution is -2.48. The molecule has 0 bridgehead atoms. The number of carbonyl (C=O) groups excluding carboxylic acids is 2.